The quantitative estimate of drug-likeness (QED) is 0.0399. The van der Waals surface area contributed by atoms with E-state index < -0.39 is 7.26 Å². The van der Waals surface area contributed by atoms with E-state index in [1.54, 1.807) is 18.5 Å². The van der Waals surface area contributed by atoms with E-state index in [0.717, 1.165) is 4.57 Å². The molecule has 0 aromatic rings. The predicted octanol–water partition coefficient (Wildman–Crippen LogP) is 14.5. The van der Waals surface area contributed by atoms with Gasteiger partial charge in [-0.3, -0.25) is 0 Å². The molecule has 0 saturated heterocycles. The van der Waals surface area contributed by atoms with Crippen LogP contribution in [0.3, 0.4) is 0 Å². The second-order valence-electron chi connectivity index (χ2n) is 13.0. The standard InChI is InChI=1S/C36H76BrP/c1-5-9-13-17-21-22-23-24-28-32-36(37)38(33-29-25-18-14-10-6-2,34-30-26-19-15-11-7-3)35-31-27-20-16-12-8-4/h36,38H,5-35H2,1-4H3. The van der Waals surface area contributed by atoms with Crippen molar-refractivity contribution in [1.82, 2.24) is 0 Å². The molecule has 1 unspecified atom stereocenters. The van der Waals surface area contributed by atoms with Crippen LogP contribution in [0.5, 0.6) is 0 Å². The molecule has 0 nitrogen and oxygen atoms in total. The fourth-order valence-corrected chi connectivity index (χ4v) is 14.3. The van der Waals surface area contributed by atoms with Crippen LogP contribution in [0, 0.1) is 0 Å². The molecule has 0 aromatic carbocycles. The number of rotatable bonds is 32. The van der Waals surface area contributed by atoms with Crippen molar-refractivity contribution in [3.05, 3.63) is 0 Å². The van der Waals surface area contributed by atoms with Crippen LogP contribution in [0.25, 0.3) is 0 Å². The van der Waals surface area contributed by atoms with Gasteiger partial charge in [0.2, 0.25) is 0 Å². The van der Waals surface area contributed by atoms with Gasteiger partial charge in [0.15, 0.2) is 0 Å². The first-order valence-corrected chi connectivity index (χ1v) is 21.9. The minimum atomic E-state index is -1.28. The van der Waals surface area contributed by atoms with Crippen molar-refractivity contribution in [2.75, 3.05) is 18.5 Å². The van der Waals surface area contributed by atoms with Gasteiger partial charge in [-0.25, -0.2) is 0 Å². The summed E-state index contributed by atoms with van der Waals surface area (Å²) in [7, 11) is -1.28. The Balaban J connectivity index is 4.90. The third-order valence-corrected chi connectivity index (χ3v) is 18.3. The number of unbranched alkanes of at least 4 members (excludes halogenated alkanes) is 23. The van der Waals surface area contributed by atoms with E-state index in [0.29, 0.717) is 0 Å². The molecule has 2 heteroatoms. The van der Waals surface area contributed by atoms with Gasteiger partial charge < -0.3 is 0 Å². The van der Waals surface area contributed by atoms with Gasteiger partial charge in [-0.15, -0.1) is 0 Å². The van der Waals surface area contributed by atoms with Crippen molar-refractivity contribution in [2.45, 2.75) is 212 Å². The zero-order valence-corrected chi connectivity index (χ0v) is 30.0. The first kappa shape index (κ1) is 38.9. The molecule has 232 valence electrons. The zero-order valence-electron chi connectivity index (χ0n) is 27.4. The van der Waals surface area contributed by atoms with Gasteiger partial charge in [0, 0.05) is 0 Å². The summed E-state index contributed by atoms with van der Waals surface area (Å²) in [6.45, 7) is 9.37. The predicted molar refractivity (Wildman–Crippen MR) is 188 cm³/mol. The molecule has 0 radical (unpaired) electrons. The van der Waals surface area contributed by atoms with Crippen LogP contribution in [-0.2, 0) is 0 Å². The van der Waals surface area contributed by atoms with Crippen LogP contribution in [0.15, 0.2) is 0 Å². The summed E-state index contributed by atoms with van der Waals surface area (Å²) < 4.78 is 0.876. The second kappa shape index (κ2) is 30.9. The fourth-order valence-electron chi connectivity index (χ4n) is 6.56. The van der Waals surface area contributed by atoms with E-state index in [4.69, 9.17) is 0 Å². The number of halogens is 1. The Kier molecular flexibility index (Phi) is 31.6. The molecule has 0 N–H and O–H groups in total. The van der Waals surface area contributed by atoms with Gasteiger partial charge >= 0.3 is 254 Å². The Labute approximate surface area is 252 Å². The van der Waals surface area contributed by atoms with Crippen LogP contribution in [0.4, 0.5) is 0 Å². The molecule has 0 fully saturated rings. The van der Waals surface area contributed by atoms with E-state index in [1.165, 1.54) is 180 Å². The summed E-state index contributed by atoms with van der Waals surface area (Å²) in [5.74, 6) is 0. The topological polar surface area (TPSA) is 0 Å². The molecular weight excluding hydrogens is 543 g/mol. The summed E-state index contributed by atoms with van der Waals surface area (Å²) in [5, 5.41) is 0. The van der Waals surface area contributed by atoms with Crippen LogP contribution < -0.4 is 0 Å². The van der Waals surface area contributed by atoms with Gasteiger partial charge in [0.1, 0.15) is 0 Å². The van der Waals surface area contributed by atoms with Crippen LogP contribution in [0.1, 0.15) is 207 Å². The monoisotopic (exact) mass is 618 g/mol. The first-order chi connectivity index (χ1) is 18.7. The molecule has 0 rings (SSSR count). The van der Waals surface area contributed by atoms with Gasteiger partial charge in [-0.05, 0) is 0 Å². The Bertz CT molecular complexity index is 396. The maximum absolute atomic E-state index is 4.46. The molecule has 1 atom stereocenters. The molecule has 0 bridgehead atoms. The second-order valence-corrected chi connectivity index (χ2v) is 19.9. The van der Waals surface area contributed by atoms with Crippen molar-refractivity contribution < 1.29 is 0 Å². The summed E-state index contributed by atoms with van der Waals surface area (Å²) in [6.07, 6.45) is 45.9. The minimum absolute atomic E-state index is 0.876. The van der Waals surface area contributed by atoms with Crippen molar-refractivity contribution in [3.63, 3.8) is 0 Å². The molecule has 38 heavy (non-hydrogen) atoms. The van der Waals surface area contributed by atoms with Crippen LogP contribution >= 0.6 is 23.2 Å². The summed E-state index contributed by atoms with van der Waals surface area (Å²) in [5.41, 5.74) is 0. The molecular formula is C36H76BrP. The van der Waals surface area contributed by atoms with Gasteiger partial charge in [-0.1, -0.05) is 0 Å². The molecule has 0 amide bonds. The average Bonchev–Trinajstić information content (AvgIpc) is 2.92. The van der Waals surface area contributed by atoms with Gasteiger partial charge in [0.05, 0.1) is 0 Å². The van der Waals surface area contributed by atoms with Crippen molar-refractivity contribution in [2.24, 2.45) is 0 Å². The summed E-state index contributed by atoms with van der Waals surface area (Å²) >= 11 is 4.46. The first-order valence-electron chi connectivity index (χ1n) is 18.3. The Hall–Kier alpha value is 0.910. The third kappa shape index (κ3) is 23.6. The van der Waals surface area contributed by atoms with Crippen molar-refractivity contribution in [3.8, 4) is 0 Å². The Morgan fingerprint density at radius 3 is 0.868 bits per heavy atom. The SMILES string of the molecule is CCCCCCCCCCCC(Br)[PH](CCCCCCCC)(CCCCCCCC)CCCCCCCC. The summed E-state index contributed by atoms with van der Waals surface area (Å²) in [4.78, 5) is 0. The molecule has 0 spiro atoms. The fraction of sp³-hybridized carbons (Fsp3) is 1.00. The molecule has 0 aliphatic carbocycles. The molecule has 0 aliphatic rings. The maximum atomic E-state index is 4.46. The van der Waals surface area contributed by atoms with E-state index in [9.17, 15) is 0 Å². The van der Waals surface area contributed by atoms with E-state index in [2.05, 4.69) is 43.6 Å². The zero-order chi connectivity index (χ0) is 28.0. The third-order valence-electron chi connectivity index (χ3n) is 9.31. The Morgan fingerprint density at radius 1 is 0.342 bits per heavy atom. The molecule has 0 aliphatic heterocycles. The number of hydrogen-bond donors (Lipinski definition) is 0. The van der Waals surface area contributed by atoms with E-state index in [-0.39, 0.29) is 0 Å². The number of alkyl halides is 1. The van der Waals surface area contributed by atoms with E-state index in [1.807, 2.05) is 0 Å². The number of hydrogen-bond acceptors (Lipinski definition) is 0. The van der Waals surface area contributed by atoms with Gasteiger partial charge in [-0.2, -0.15) is 0 Å². The van der Waals surface area contributed by atoms with Crippen molar-refractivity contribution >= 4 is 23.2 Å². The van der Waals surface area contributed by atoms with Crippen molar-refractivity contribution in [1.29, 1.82) is 0 Å². The molecule has 0 aromatic heterocycles. The van der Waals surface area contributed by atoms with Gasteiger partial charge in [0.25, 0.3) is 0 Å². The summed E-state index contributed by atoms with van der Waals surface area (Å²) in [6, 6.07) is 0. The van der Waals surface area contributed by atoms with E-state index >= 15 is 0 Å². The normalized spacial score (nSPS) is 13.3. The molecule has 0 heterocycles. The average molecular weight is 620 g/mol. The van der Waals surface area contributed by atoms with Crippen LogP contribution in [-0.4, -0.2) is 23.1 Å². The van der Waals surface area contributed by atoms with Crippen LogP contribution in [0.2, 0.25) is 0 Å². The molecule has 0 saturated carbocycles. The Morgan fingerprint density at radius 2 is 0.579 bits per heavy atom.